The fourth-order valence-electron chi connectivity index (χ4n) is 3.29. The Balaban J connectivity index is 0.000000858. The number of aromatic amines is 1. The average molecular weight is 433 g/mol. The van der Waals surface area contributed by atoms with Crippen LogP contribution in [-0.4, -0.2) is 82.8 Å². The van der Waals surface area contributed by atoms with Crippen LogP contribution in [0.5, 0.6) is 11.5 Å². The van der Waals surface area contributed by atoms with Gasteiger partial charge in [-0.2, -0.15) is 15.4 Å². The number of hydrogen-bond acceptors (Lipinski definition) is 8. The molecule has 1 aromatic heterocycles. The first-order valence-corrected chi connectivity index (χ1v) is 9.60. The molecule has 31 heavy (non-hydrogen) atoms. The van der Waals surface area contributed by atoms with Crippen LogP contribution in [0.2, 0.25) is 0 Å². The number of carbonyl (C=O) groups is 3. The van der Waals surface area contributed by atoms with E-state index in [4.69, 9.17) is 24.1 Å². The van der Waals surface area contributed by atoms with Crippen molar-refractivity contribution in [3.8, 4) is 11.5 Å². The van der Waals surface area contributed by atoms with E-state index in [9.17, 15) is 9.59 Å². The summed E-state index contributed by atoms with van der Waals surface area (Å²) in [5.74, 6) is 1.07. The van der Waals surface area contributed by atoms with Crippen LogP contribution in [0.15, 0.2) is 24.4 Å². The van der Waals surface area contributed by atoms with E-state index in [2.05, 4.69) is 20.7 Å². The number of ether oxygens (including phenoxy) is 3. The van der Waals surface area contributed by atoms with E-state index in [0.717, 1.165) is 5.56 Å². The van der Waals surface area contributed by atoms with Gasteiger partial charge in [0.1, 0.15) is 0 Å². The topological polar surface area (TPSA) is 156 Å². The fraction of sp³-hybridized carbons (Fsp3) is 0.421. The zero-order valence-electron chi connectivity index (χ0n) is 16.7. The summed E-state index contributed by atoms with van der Waals surface area (Å²) in [6, 6.07) is 5.34. The average Bonchev–Trinajstić information content (AvgIpc) is 3.46. The third-order valence-electron chi connectivity index (χ3n) is 4.72. The number of H-pyrrole nitrogens is 1. The molecule has 166 valence electrons. The Kier molecular flexibility index (Phi) is 7.76. The molecule has 3 N–H and O–H groups in total. The molecular weight excluding hydrogens is 410 g/mol. The largest absolute Gasteiger partial charge is 0.483 e. The van der Waals surface area contributed by atoms with Crippen LogP contribution < -0.4 is 14.8 Å². The molecule has 0 bridgehead atoms. The van der Waals surface area contributed by atoms with Crippen LogP contribution in [0.25, 0.3) is 0 Å². The summed E-state index contributed by atoms with van der Waals surface area (Å²) in [6.07, 6.45) is 2.25. The van der Waals surface area contributed by atoms with Crippen molar-refractivity contribution in [1.82, 2.24) is 25.6 Å². The number of carboxylic acid groups (broad SMARTS) is 1. The first-order chi connectivity index (χ1) is 15.1. The van der Waals surface area contributed by atoms with Crippen molar-refractivity contribution >= 4 is 18.3 Å². The van der Waals surface area contributed by atoms with E-state index >= 15 is 0 Å². The molecule has 1 saturated heterocycles. The maximum absolute atomic E-state index is 12.5. The van der Waals surface area contributed by atoms with Gasteiger partial charge in [-0.3, -0.25) is 14.4 Å². The van der Waals surface area contributed by atoms with Gasteiger partial charge in [0.15, 0.2) is 17.2 Å². The number of fused-ring (bicyclic) bond motifs is 1. The number of aromatic nitrogens is 3. The van der Waals surface area contributed by atoms with Crippen molar-refractivity contribution in [3.05, 3.63) is 35.7 Å². The molecule has 0 aliphatic carbocycles. The van der Waals surface area contributed by atoms with E-state index in [1.807, 2.05) is 12.1 Å². The number of rotatable bonds is 6. The van der Waals surface area contributed by atoms with Crippen molar-refractivity contribution in [1.29, 1.82) is 0 Å². The number of morpholine rings is 1. The molecule has 2 aliphatic heterocycles. The molecule has 0 spiro atoms. The predicted octanol–water partition coefficient (Wildman–Crippen LogP) is -0.176. The molecular formula is C19H23N5O7. The second-order valence-electron chi connectivity index (χ2n) is 6.69. The number of carbonyl (C=O) groups excluding carboxylic acids is 2. The van der Waals surface area contributed by atoms with Crippen molar-refractivity contribution in [2.24, 2.45) is 0 Å². The van der Waals surface area contributed by atoms with Gasteiger partial charge in [0.05, 0.1) is 31.9 Å². The Labute approximate surface area is 177 Å². The lowest BCUT2D eigenvalue weighted by atomic mass is 10.1. The smallest absolute Gasteiger partial charge is 0.290 e. The van der Waals surface area contributed by atoms with Crippen LogP contribution in [-0.2, 0) is 20.7 Å². The first-order valence-electron chi connectivity index (χ1n) is 9.60. The van der Waals surface area contributed by atoms with Crippen LogP contribution in [0, 0.1) is 0 Å². The third kappa shape index (κ3) is 5.92. The summed E-state index contributed by atoms with van der Waals surface area (Å²) in [5.41, 5.74) is 1.13. The zero-order chi connectivity index (χ0) is 22.1. The number of nitrogens with zero attached hydrogens (tertiary/aromatic N) is 3. The summed E-state index contributed by atoms with van der Waals surface area (Å²) in [4.78, 5) is 34.9. The lowest BCUT2D eigenvalue weighted by Crippen LogP contribution is -2.50. The maximum Gasteiger partial charge on any atom is 0.290 e. The Morgan fingerprint density at radius 1 is 1.32 bits per heavy atom. The Morgan fingerprint density at radius 2 is 2.13 bits per heavy atom. The van der Waals surface area contributed by atoms with Crippen molar-refractivity contribution in [3.63, 3.8) is 0 Å². The molecule has 1 aromatic carbocycles. The summed E-state index contributed by atoms with van der Waals surface area (Å²) in [5, 5.41) is 19.8. The summed E-state index contributed by atoms with van der Waals surface area (Å²) in [7, 11) is 0. The van der Waals surface area contributed by atoms with E-state index in [1.54, 1.807) is 11.0 Å². The zero-order valence-corrected chi connectivity index (χ0v) is 16.7. The van der Waals surface area contributed by atoms with E-state index in [1.165, 1.54) is 6.20 Å². The quantitative estimate of drug-likeness (QED) is 0.526. The van der Waals surface area contributed by atoms with Gasteiger partial charge in [0.2, 0.25) is 12.7 Å². The number of nitrogens with one attached hydrogen (secondary N) is 2. The van der Waals surface area contributed by atoms with Gasteiger partial charge in [-0.05, 0) is 24.1 Å². The summed E-state index contributed by atoms with van der Waals surface area (Å²) < 4.78 is 16.1. The molecule has 0 saturated carbocycles. The molecule has 1 fully saturated rings. The molecule has 2 aliphatic rings. The van der Waals surface area contributed by atoms with E-state index in [0.29, 0.717) is 44.2 Å². The monoisotopic (exact) mass is 433 g/mol. The molecule has 12 heteroatoms. The van der Waals surface area contributed by atoms with Crippen molar-refractivity contribution in [2.45, 2.75) is 18.9 Å². The summed E-state index contributed by atoms with van der Waals surface area (Å²) >= 11 is 0. The molecule has 12 nitrogen and oxygen atoms in total. The molecule has 2 aromatic rings. The molecule has 1 atom stereocenters. The number of hydrogen-bond donors (Lipinski definition) is 3. The van der Waals surface area contributed by atoms with Gasteiger partial charge in [-0.25, -0.2) is 0 Å². The van der Waals surface area contributed by atoms with Gasteiger partial charge in [-0.1, -0.05) is 6.07 Å². The molecule has 3 heterocycles. The van der Waals surface area contributed by atoms with Gasteiger partial charge >= 0.3 is 0 Å². The minimum absolute atomic E-state index is 0.0926. The highest BCUT2D eigenvalue weighted by Crippen LogP contribution is 2.32. The van der Waals surface area contributed by atoms with Crippen LogP contribution in [0.4, 0.5) is 0 Å². The van der Waals surface area contributed by atoms with Gasteiger partial charge < -0.3 is 29.5 Å². The molecule has 4 rings (SSSR count). The highest BCUT2D eigenvalue weighted by molar-refractivity contribution is 5.92. The first kappa shape index (κ1) is 22.0. The second kappa shape index (κ2) is 10.9. The van der Waals surface area contributed by atoms with Crippen LogP contribution in [0.3, 0.4) is 0 Å². The van der Waals surface area contributed by atoms with Gasteiger partial charge in [-0.15, -0.1) is 0 Å². The van der Waals surface area contributed by atoms with Crippen LogP contribution >= 0.6 is 0 Å². The standard InChI is InChI=1S/C18H21N5O5.CH2O2/c24-17(8-12-1-2-15-16(7-12)28-11-27-15)19-4-3-13-10-26-6-5-23(13)18(25)14-9-20-22-21-14;2-1-3/h1-2,7,9,13H,3-6,8,10-11H2,(H,19,24)(H,20,21,22);1H,(H,2,3). The predicted molar refractivity (Wildman–Crippen MR) is 105 cm³/mol. The lowest BCUT2D eigenvalue weighted by Gasteiger charge is -2.35. The highest BCUT2D eigenvalue weighted by atomic mass is 16.7. The molecule has 0 radical (unpaired) electrons. The Morgan fingerprint density at radius 3 is 2.90 bits per heavy atom. The summed E-state index contributed by atoms with van der Waals surface area (Å²) in [6.45, 7) is 1.80. The Hall–Kier alpha value is -3.67. The van der Waals surface area contributed by atoms with Crippen LogP contribution in [0.1, 0.15) is 22.5 Å². The molecule has 2 amide bonds. The number of amides is 2. The Bertz CT molecular complexity index is 890. The van der Waals surface area contributed by atoms with Crippen molar-refractivity contribution in [2.75, 3.05) is 33.1 Å². The lowest BCUT2D eigenvalue weighted by molar-refractivity contribution is -0.123. The van der Waals surface area contributed by atoms with E-state index in [-0.39, 0.29) is 43.2 Å². The van der Waals surface area contributed by atoms with Gasteiger partial charge in [0.25, 0.3) is 12.4 Å². The maximum atomic E-state index is 12.5. The molecule has 1 unspecified atom stereocenters. The van der Waals surface area contributed by atoms with E-state index < -0.39 is 0 Å². The minimum Gasteiger partial charge on any atom is -0.483 e. The number of benzene rings is 1. The second-order valence-corrected chi connectivity index (χ2v) is 6.69. The fourth-order valence-corrected chi connectivity index (χ4v) is 3.29. The SMILES string of the molecule is O=C(Cc1ccc2c(c1)OCO2)NCCC1COCCN1C(=O)c1cn[nH]n1.O=CO. The highest BCUT2D eigenvalue weighted by Gasteiger charge is 2.29. The minimum atomic E-state index is -0.250. The van der Waals surface area contributed by atoms with Gasteiger partial charge in [0, 0.05) is 13.1 Å². The third-order valence-corrected chi connectivity index (χ3v) is 4.72. The normalized spacial score (nSPS) is 16.8. The van der Waals surface area contributed by atoms with Crippen molar-refractivity contribution < 1.29 is 33.7 Å².